The maximum Gasteiger partial charge on any atom is 0.315 e. The molecule has 0 heterocycles. The minimum absolute atomic E-state index is 0.0368. The van der Waals surface area contributed by atoms with Crippen LogP contribution in [-0.2, 0) is 0 Å². The smallest absolute Gasteiger partial charge is 0.315 e. The molecule has 3 N–H and O–H groups in total. The summed E-state index contributed by atoms with van der Waals surface area (Å²) >= 11 is 0. The van der Waals surface area contributed by atoms with Crippen molar-refractivity contribution < 1.29 is 14.3 Å². The van der Waals surface area contributed by atoms with Crippen LogP contribution in [0.2, 0.25) is 0 Å². The molecule has 0 aliphatic heterocycles. The van der Waals surface area contributed by atoms with Gasteiger partial charge in [-0.2, -0.15) is 0 Å². The van der Waals surface area contributed by atoms with E-state index < -0.39 is 6.67 Å². The Morgan fingerprint density at radius 2 is 2.47 bits per heavy atom. The summed E-state index contributed by atoms with van der Waals surface area (Å²) in [4.78, 5) is 11.2. The molecule has 0 aromatic carbocycles. The number of nitrogens with one attached hydrogen (secondary N) is 2. The molecule has 0 radical (unpaired) electrons. The van der Waals surface area contributed by atoms with Gasteiger partial charge in [0, 0.05) is 12.6 Å². The molecule has 0 bridgehead atoms. The van der Waals surface area contributed by atoms with Crippen molar-refractivity contribution in [2.24, 2.45) is 0 Å². The fourth-order valence-corrected chi connectivity index (χ4v) is 1.63. The number of rotatable bonds is 4. The zero-order chi connectivity index (χ0) is 11.1. The third-order valence-corrected chi connectivity index (χ3v) is 2.35. The molecule has 0 aromatic heterocycles. The lowest BCUT2D eigenvalue weighted by Gasteiger charge is -2.21. The first-order valence-corrected chi connectivity index (χ1v) is 5.17. The van der Waals surface area contributed by atoms with E-state index in [1.165, 1.54) is 0 Å². The van der Waals surface area contributed by atoms with Crippen LogP contribution in [0.25, 0.3) is 0 Å². The van der Waals surface area contributed by atoms with Gasteiger partial charge in [-0.3, -0.25) is 0 Å². The summed E-state index contributed by atoms with van der Waals surface area (Å²) in [5.74, 6) is 0. The highest BCUT2D eigenvalue weighted by Crippen LogP contribution is 2.17. The van der Waals surface area contributed by atoms with E-state index in [2.05, 4.69) is 10.6 Å². The van der Waals surface area contributed by atoms with Crippen LogP contribution in [-0.4, -0.2) is 37.0 Å². The average molecular weight is 216 g/mol. The molecule has 15 heavy (non-hydrogen) atoms. The highest BCUT2D eigenvalue weighted by molar-refractivity contribution is 5.74. The second-order valence-corrected chi connectivity index (χ2v) is 3.57. The lowest BCUT2D eigenvalue weighted by Crippen LogP contribution is -2.42. The highest BCUT2D eigenvalue weighted by atomic mass is 19.1. The van der Waals surface area contributed by atoms with Crippen LogP contribution in [0.4, 0.5) is 9.18 Å². The van der Waals surface area contributed by atoms with Crippen molar-refractivity contribution in [3.63, 3.8) is 0 Å². The van der Waals surface area contributed by atoms with Crippen LogP contribution in [0, 0.1) is 0 Å². The normalized spacial score (nSPS) is 20.7. The van der Waals surface area contributed by atoms with Gasteiger partial charge in [0.1, 0.15) is 6.67 Å². The number of carbonyl (C=O) groups is 1. The zero-order valence-electron chi connectivity index (χ0n) is 8.63. The minimum atomic E-state index is -0.560. The van der Waals surface area contributed by atoms with Gasteiger partial charge in [0.2, 0.25) is 0 Å². The Bertz CT molecular complexity index is 244. The van der Waals surface area contributed by atoms with Gasteiger partial charge in [0.05, 0.1) is 6.61 Å². The third-order valence-electron chi connectivity index (χ3n) is 2.35. The zero-order valence-corrected chi connectivity index (χ0v) is 8.63. The standard InChI is InChI=1S/C10H17FN2O2/c11-4-5-12-10(15)13-9-3-1-2-8(6-9)7-14/h6,9,14H,1-5,7H2,(H2,12,13,15). The van der Waals surface area contributed by atoms with Crippen molar-refractivity contribution in [3.8, 4) is 0 Å². The number of urea groups is 1. The molecule has 1 aliphatic carbocycles. The predicted octanol–water partition coefficient (Wildman–Crippen LogP) is 0.726. The number of aliphatic hydroxyl groups is 1. The summed E-state index contributed by atoms with van der Waals surface area (Å²) in [6.07, 6.45) is 4.59. The fourth-order valence-electron chi connectivity index (χ4n) is 1.63. The second kappa shape index (κ2) is 6.40. The summed E-state index contributed by atoms with van der Waals surface area (Å²) in [7, 11) is 0. The number of hydrogen-bond donors (Lipinski definition) is 3. The van der Waals surface area contributed by atoms with Crippen molar-refractivity contribution in [3.05, 3.63) is 11.6 Å². The summed E-state index contributed by atoms with van der Waals surface area (Å²) in [5, 5.41) is 14.0. The predicted molar refractivity (Wildman–Crippen MR) is 55.3 cm³/mol. The van der Waals surface area contributed by atoms with Gasteiger partial charge in [0.25, 0.3) is 0 Å². The fraction of sp³-hybridized carbons (Fsp3) is 0.700. The topological polar surface area (TPSA) is 61.4 Å². The maximum atomic E-state index is 11.8. The number of carbonyl (C=O) groups excluding carboxylic acids is 1. The molecule has 0 aromatic rings. The molecular formula is C10H17FN2O2. The molecule has 5 heteroatoms. The summed E-state index contributed by atoms with van der Waals surface area (Å²) in [6, 6.07) is -0.395. The summed E-state index contributed by atoms with van der Waals surface area (Å²) in [5.41, 5.74) is 0.956. The quantitative estimate of drug-likeness (QED) is 0.606. The second-order valence-electron chi connectivity index (χ2n) is 3.57. The van der Waals surface area contributed by atoms with Crippen LogP contribution < -0.4 is 10.6 Å². The minimum Gasteiger partial charge on any atom is -0.392 e. The van der Waals surface area contributed by atoms with Crippen LogP contribution >= 0.6 is 0 Å². The molecule has 4 nitrogen and oxygen atoms in total. The van der Waals surface area contributed by atoms with Gasteiger partial charge in [0.15, 0.2) is 0 Å². The van der Waals surface area contributed by atoms with Gasteiger partial charge < -0.3 is 15.7 Å². The molecule has 0 saturated heterocycles. The van der Waals surface area contributed by atoms with E-state index in [0.29, 0.717) is 0 Å². The van der Waals surface area contributed by atoms with Crippen LogP contribution in [0.1, 0.15) is 19.3 Å². The molecule has 1 aliphatic rings. The Hall–Kier alpha value is -1.10. The van der Waals surface area contributed by atoms with E-state index in [1.807, 2.05) is 6.08 Å². The number of hydrogen-bond acceptors (Lipinski definition) is 2. The lowest BCUT2D eigenvalue weighted by atomic mass is 9.96. The van der Waals surface area contributed by atoms with Crippen molar-refractivity contribution in [2.75, 3.05) is 19.8 Å². The maximum absolute atomic E-state index is 11.8. The Balaban J connectivity index is 2.34. The average Bonchev–Trinajstić information content (AvgIpc) is 2.26. The van der Waals surface area contributed by atoms with Crippen molar-refractivity contribution in [1.29, 1.82) is 0 Å². The van der Waals surface area contributed by atoms with Crippen LogP contribution in [0.5, 0.6) is 0 Å². The first-order valence-electron chi connectivity index (χ1n) is 5.17. The lowest BCUT2D eigenvalue weighted by molar-refractivity contribution is 0.236. The SMILES string of the molecule is O=C(NCCF)NC1C=C(CO)CCC1. The van der Waals surface area contributed by atoms with Gasteiger partial charge in [-0.05, 0) is 24.8 Å². The third kappa shape index (κ3) is 4.29. The molecular weight excluding hydrogens is 199 g/mol. The molecule has 0 spiro atoms. The van der Waals surface area contributed by atoms with E-state index in [9.17, 15) is 9.18 Å². The molecule has 1 atom stereocenters. The Morgan fingerprint density at radius 1 is 1.67 bits per heavy atom. The first kappa shape index (κ1) is 12.0. The Kier molecular flexibility index (Phi) is 5.10. The Morgan fingerprint density at radius 3 is 3.13 bits per heavy atom. The summed E-state index contributed by atoms with van der Waals surface area (Å²) in [6.45, 7) is -0.477. The molecule has 0 fully saturated rings. The van der Waals surface area contributed by atoms with Gasteiger partial charge in [-0.15, -0.1) is 0 Å². The van der Waals surface area contributed by atoms with Crippen molar-refractivity contribution >= 4 is 6.03 Å². The van der Waals surface area contributed by atoms with E-state index in [4.69, 9.17) is 5.11 Å². The first-order chi connectivity index (χ1) is 7.26. The van der Waals surface area contributed by atoms with Gasteiger partial charge in [-0.1, -0.05) is 6.08 Å². The van der Waals surface area contributed by atoms with Crippen LogP contribution in [0.15, 0.2) is 11.6 Å². The van der Waals surface area contributed by atoms with E-state index >= 15 is 0 Å². The van der Waals surface area contributed by atoms with E-state index in [1.54, 1.807) is 0 Å². The number of halogens is 1. The Labute approximate surface area is 88.5 Å². The van der Waals surface area contributed by atoms with Crippen molar-refractivity contribution in [2.45, 2.75) is 25.3 Å². The number of amides is 2. The monoisotopic (exact) mass is 216 g/mol. The van der Waals surface area contributed by atoms with E-state index in [0.717, 1.165) is 24.8 Å². The molecule has 2 amide bonds. The van der Waals surface area contributed by atoms with Gasteiger partial charge in [-0.25, -0.2) is 9.18 Å². The summed E-state index contributed by atoms with van der Waals surface area (Å²) < 4.78 is 11.8. The molecule has 0 saturated carbocycles. The van der Waals surface area contributed by atoms with Crippen LogP contribution in [0.3, 0.4) is 0 Å². The number of alkyl halides is 1. The largest absolute Gasteiger partial charge is 0.392 e. The highest BCUT2D eigenvalue weighted by Gasteiger charge is 2.14. The molecule has 86 valence electrons. The number of aliphatic hydroxyl groups excluding tert-OH is 1. The van der Waals surface area contributed by atoms with Crippen molar-refractivity contribution in [1.82, 2.24) is 10.6 Å². The molecule has 1 rings (SSSR count). The van der Waals surface area contributed by atoms with E-state index in [-0.39, 0.29) is 25.2 Å². The van der Waals surface area contributed by atoms with Gasteiger partial charge >= 0.3 is 6.03 Å². The molecule has 1 unspecified atom stereocenters.